The number of hydrogen-bond acceptors (Lipinski definition) is 6. The molecule has 0 saturated heterocycles. The number of carbonyl (C=O) groups is 1. The van der Waals surface area contributed by atoms with Crippen LogP contribution in [0.5, 0.6) is 5.75 Å². The summed E-state index contributed by atoms with van der Waals surface area (Å²) in [6.45, 7) is 5.57. The van der Waals surface area contributed by atoms with Gasteiger partial charge in [-0.1, -0.05) is 0 Å². The number of ether oxygens (including phenoxy) is 2. The van der Waals surface area contributed by atoms with E-state index in [0.717, 1.165) is 12.1 Å². The van der Waals surface area contributed by atoms with E-state index in [1.165, 1.54) is 11.0 Å². The predicted molar refractivity (Wildman–Crippen MR) is 83.4 cm³/mol. The Morgan fingerprint density at radius 1 is 1.35 bits per heavy atom. The van der Waals surface area contributed by atoms with Gasteiger partial charge in [-0.25, -0.2) is 4.68 Å². The Balaban J connectivity index is 1.78. The third-order valence-corrected chi connectivity index (χ3v) is 3.10. The molecule has 1 aromatic carbocycles. The minimum atomic E-state index is -0.569. The second kappa shape index (κ2) is 8.84. The van der Waals surface area contributed by atoms with Crippen LogP contribution >= 0.6 is 0 Å². The highest BCUT2D eigenvalue weighted by atomic mass is 16.5. The van der Waals surface area contributed by atoms with E-state index < -0.39 is 6.10 Å². The van der Waals surface area contributed by atoms with Gasteiger partial charge < -0.3 is 14.8 Å². The number of rotatable bonds is 9. The highest BCUT2D eigenvalue weighted by molar-refractivity contribution is 5.80. The van der Waals surface area contributed by atoms with Gasteiger partial charge in [0, 0.05) is 19.8 Å². The highest BCUT2D eigenvalue weighted by Crippen LogP contribution is 2.15. The smallest absolute Gasteiger partial charge is 0.260 e. The van der Waals surface area contributed by atoms with Gasteiger partial charge in [0.15, 0.2) is 6.10 Å². The average Bonchev–Trinajstić information content (AvgIpc) is 3.09. The van der Waals surface area contributed by atoms with Gasteiger partial charge in [-0.15, -0.1) is 5.10 Å². The fourth-order valence-electron chi connectivity index (χ4n) is 1.89. The molecule has 0 saturated carbocycles. The van der Waals surface area contributed by atoms with Crippen molar-refractivity contribution in [3.05, 3.63) is 30.6 Å². The van der Waals surface area contributed by atoms with Crippen molar-refractivity contribution in [1.82, 2.24) is 25.5 Å². The van der Waals surface area contributed by atoms with Crippen LogP contribution < -0.4 is 10.1 Å². The first kappa shape index (κ1) is 16.9. The lowest BCUT2D eigenvalue weighted by Crippen LogP contribution is -2.37. The Kier molecular flexibility index (Phi) is 6.49. The van der Waals surface area contributed by atoms with Gasteiger partial charge in [-0.2, -0.15) is 0 Å². The maximum Gasteiger partial charge on any atom is 0.260 e. The summed E-state index contributed by atoms with van der Waals surface area (Å²) in [7, 11) is 0. The van der Waals surface area contributed by atoms with Crippen molar-refractivity contribution in [2.75, 3.05) is 19.8 Å². The van der Waals surface area contributed by atoms with E-state index in [1.807, 2.05) is 19.1 Å². The maximum absolute atomic E-state index is 11.9. The predicted octanol–water partition coefficient (Wildman–Crippen LogP) is 0.972. The summed E-state index contributed by atoms with van der Waals surface area (Å²) >= 11 is 0. The molecule has 0 spiro atoms. The third kappa shape index (κ3) is 5.33. The van der Waals surface area contributed by atoms with E-state index in [0.29, 0.717) is 25.5 Å². The number of nitrogens with zero attached hydrogens (tertiary/aromatic N) is 4. The van der Waals surface area contributed by atoms with E-state index >= 15 is 0 Å². The summed E-state index contributed by atoms with van der Waals surface area (Å²) in [5, 5.41) is 13.8. The lowest BCUT2D eigenvalue weighted by molar-refractivity contribution is -0.127. The number of carbonyl (C=O) groups excluding carboxylic acids is 1. The lowest BCUT2D eigenvalue weighted by Gasteiger charge is -2.15. The Morgan fingerprint density at radius 3 is 2.78 bits per heavy atom. The first-order valence-electron chi connectivity index (χ1n) is 7.56. The van der Waals surface area contributed by atoms with Gasteiger partial charge in [-0.05, 0) is 55.0 Å². The van der Waals surface area contributed by atoms with Crippen LogP contribution in [0.1, 0.15) is 20.3 Å². The number of tetrazole rings is 1. The second-order valence-electron chi connectivity index (χ2n) is 4.85. The van der Waals surface area contributed by atoms with Crippen LogP contribution in [0.4, 0.5) is 0 Å². The van der Waals surface area contributed by atoms with Crippen molar-refractivity contribution >= 4 is 5.91 Å². The fraction of sp³-hybridized carbons (Fsp3) is 0.467. The molecule has 1 atom stereocenters. The molecule has 1 unspecified atom stereocenters. The van der Waals surface area contributed by atoms with E-state index in [2.05, 4.69) is 20.8 Å². The van der Waals surface area contributed by atoms with E-state index in [9.17, 15) is 4.79 Å². The molecule has 1 amide bonds. The first-order chi connectivity index (χ1) is 11.2. The second-order valence-corrected chi connectivity index (χ2v) is 4.85. The molecule has 1 aromatic heterocycles. The van der Waals surface area contributed by atoms with E-state index in [4.69, 9.17) is 9.47 Å². The zero-order valence-corrected chi connectivity index (χ0v) is 13.3. The Hall–Kier alpha value is -2.48. The van der Waals surface area contributed by atoms with E-state index in [1.54, 1.807) is 19.1 Å². The third-order valence-electron chi connectivity index (χ3n) is 3.10. The molecule has 124 valence electrons. The molecule has 2 rings (SSSR count). The topological polar surface area (TPSA) is 91.2 Å². The summed E-state index contributed by atoms with van der Waals surface area (Å²) < 4.78 is 12.4. The number of hydrogen-bond donors (Lipinski definition) is 1. The number of amides is 1. The zero-order chi connectivity index (χ0) is 16.5. The number of benzene rings is 1. The lowest BCUT2D eigenvalue weighted by atomic mass is 10.3. The molecule has 0 bridgehead atoms. The van der Waals surface area contributed by atoms with Crippen LogP contribution in [0.3, 0.4) is 0 Å². The molecule has 0 fully saturated rings. The van der Waals surface area contributed by atoms with Crippen molar-refractivity contribution < 1.29 is 14.3 Å². The molecular formula is C15H21N5O3. The summed E-state index contributed by atoms with van der Waals surface area (Å²) in [5.74, 6) is 0.463. The largest absolute Gasteiger partial charge is 0.481 e. The minimum absolute atomic E-state index is 0.147. The summed E-state index contributed by atoms with van der Waals surface area (Å²) in [5.41, 5.74) is 0.815. The van der Waals surface area contributed by atoms with Crippen LogP contribution in [0.15, 0.2) is 30.6 Å². The van der Waals surface area contributed by atoms with Gasteiger partial charge in [0.25, 0.3) is 5.91 Å². The molecule has 23 heavy (non-hydrogen) atoms. The van der Waals surface area contributed by atoms with E-state index in [-0.39, 0.29) is 5.91 Å². The monoisotopic (exact) mass is 319 g/mol. The summed E-state index contributed by atoms with van der Waals surface area (Å²) in [4.78, 5) is 11.9. The van der Waals surface area contributed by atoms with Crippen molar-refractivity contribution in [2.45, 2.75) is 26.4 Å². The van der Waals surface area contributed by atoms with Crippen molar-refractivity contribution in [3.63, 3.8) is 0 Å². The normalized spacial score (nSPS) is 11.9. The van der Waals surface area contributed by atoms with Gasteiger partial charge >= 0.3 is 0 Å². The standard InChI is InChI=1S/C15H21N5O3/c1-3-22-10-4-9-16-15(21)12(2)23-14-7-5-13(6-8-14)20-11-17-18-19-20/h5-8,11-12H,3-4,9-10H2,1-2H3,(H,16,21). The molecule has 2 aromatic rings. The number of nitrogens with one attached hydrogen (secondary N) is 1. The van der Waals surface area contributed by atoms with Crippen LogP contribution in [-0.4, -0.2) is 52.0 Å². The quantitative estimate of drug-likeness (QED) is 0.693. The Labute approximate surface area is 134 Å². The molecule has 0 aliphatic rings. The molecule has 0 radical (unpaired) electrons. The molecular weight excluding hydrogens is 298 g/mol. The minimum Gasteiger partial charge on any atom is -0.481 e. The molecule has 8 nitrogen and oxygen atoms in total. The van der Waals surface area contributed by atoms with Crippen LogP contribution in [0.2, 0.25) is 0 Å². The van der Waals surface area contributed by atoms with Crippen LogP contribution in [0, 0.1) is 0 Å². The molecule has 1 heterocycles. The zero-order valence-electron chi connectivity index (χ0n) is 13.3. The highest BCUT2D eigenvalue weighted by Gasteiger charge is 2.14. The Morgan fingerprint density at radius 2 is 2.13 bits per heavy atom. The summed E-state index contributed by atoms with van der Waals surface area (Å²) in [6.07, 6.45) is 1.72. The van der Waals surface area contributed by atoms with Gasteiger partial charge in [0.1, 0.15) is 12.1 Å². The summed E-state index contributed by atoms with van der Waals surface area (Å²) in [6, 6.07) is 7.18. The Bertz CT molecular complexity index is 586. The fourth-order valence-corrected chi connectivity index (χ4v) is 1.89. The van der Waals surface area contributed by atoms with Crippen LogP contribution in [0.25, 0.3) is 5.69 Å². The maximum atomic E-state index is 11.9. The van der Waals surface area contributed by atoms with Gasteiger partial charge in [0.2, 0.25) is 0 Å². The first-order valence-corrected chi connectivity index (χ1v) is 7.56. The molecule has 0 aliphatic carbocycles. The molecule has 8 heteroatoms. The molecule has 0 aliphatic heterocycles. The number of aromatic nitrogens is 4. The van der Waals surface area contributed by atoms with Crippen LogP contribution in [-0.2, 0) is 9.53 Å². The van der Waals surface area contributed by atoms with Gasteiger partial charge in [-0.3, -0.25) is 4.79 Å². The van der Waals surface area contributed by atoms with Crippen molar-refractivity contribution in [2.24, 2.45) is 0 Å². The van der Waals surface area contributed by atoms with Crippen molar-refractivity contribution in [1.29, 1.82) is 0 Å². The van der Waals surface area contributed by atoms with Gasteiger partial charge in [0.05, 0.1) is 5.69 Å². The molecule has 1 N–H and O–H groups in total. The average molecular weight is 319 g/mol. The SMILES string of the molecule is CCOCCCNC(=O)C(C)Oc1ccc(-n2cnnn2)cc1. The van der Waals surface area contributed by atoms with Crippen molar-refractivity contribution in [3.8, 4) is 11.4 Å².